The summed E-state index contributed by atoms with van der Waals surface area (Å²) in [4.78, 5) is 0. The Hall–Kier alpha value is -0.510. The number of alkyl halides is 3. The van der Waals surface area contributed by atoms with Crippen molar-refractivity contribution in [3.8, 4) is 0 Å². The lowest BCUT2D eigenvalue weighted by atomic mass is 10.1. The van der Waals surface area contributed by atoms with Crippen LogP contribution in [0.2, 0.25) is 0 Å². The number of rotatable bonds is 9. The van der Waals surface area contributed by atoms with Crippen LogP contribution in [-0.2, 0) is 4.74 Å². The van der Waals surface area contributed by atoms with Crippen LogP contribution in [0.1, 0.15) is 52.4 Å². The van der Waals surface area contributed by atoms with Gasteiger partial charge in [0.05, 0.1) is 6.61 Å². The molecule has 0 fully saturated rings. The molecule has 1 nitrogen and oxygen atoms in total. The van der Waals surface area contributed by atoms with Crippen molar-refractivity contribution < 1.29 is 17.9 Å². The third kappa shape index (κ3) is 13.4. The van der Waals surface area contributed by atoms with Gasteiger partial charge in [-0.2, -0.15) is 13.2 Å². The van der Waals surface area contributed by atoms with Crippen LogP contribution in [-0.4, -0.2) is 19.4 Å². The van der Waals surface area contributed by atoms with Gasteiger partial charge < -0.3 is 4.74 Å². The van der Waals surface area contributed by atoms with Crippen LogP contribution in [0.15, 0.2) is 11.6 Å². The Bertz CT molecular complexity index is 209. The molecular formula is C13H23F3O. The van der Waals surface area contributed by atoms with Gasteiger partial charge in [0.25, 0.3) is 0 Å². The molecule has 0 spiro atoms. The summed E-state index contributed by atoms with van der Waals surface area (Å²) < 4.78 is 39.7. The Morgan fingerprint density at radius 2 is 1.88 bits per heavy atom. The Kier molecular flexibility index (Phi) is 9.23. The van der Waals surface area contributed by atoms with Crippen LogP contribution >= 0.6 is 0 Å². The number of hydrogen-bond donors (Lipinski definition) is 0. The van der Waals surface area contributed by atoms with Crippen molar-refractivity contribution in [1.29, 1.82) is 0 Å². The molecule has 0 aromatic rings. The molecule has 0 radical (unpaired) electrons. The fourth-order valence-electron chi connectivity index (χ4n) is 1.51. The average Bonchev–Trinajstić information content (AvgIpc) is 2.22. The Morgan fingerprint density at radius 1 is 1.18 bits per heavy atom. The molecule has 0 unspecified atom stereocenters. The van der Waals surface area contributed by atoms with Gasteiger partial charge in [-0.25, -0.2) is 0 Å². The van der Waals surface area contributed by atoms with Crippen molar-refractivity contribution in [2.24, 2.45) is 0 Å². The van der Waals surface area contributed by atoms with Crippen molar-refractivity contribution >= 4 is 0 Å². The van der Waals surface area contributed by atoms with E-state index in [4.69, 9.17) is 0 Å². The average molecular weight is 252 g/mol. The van der Waals surface area contributed by atoms with Crippen LogP contribution in [0.5, 0.6) is 0 Å². The van der Waals surface area contributed by atoms with Gasteiger partial charge in [0.1, 0.15) is 6.61 Å². The predicted molar refractivity (Wildman–Crippen MR) is 64.0 cm³/mol. The fourth-order valence-corrected chi connectivity index (χ4v) is 1.51. The summed E-state index contributed by atoms with van der Waals surface area (Å²) in [5.41, 5.74) is 1.25. The molecular weight excluding hydrogens is 229 g/mol. The Balaban J connectivity index is 3.43. The van der Waals surface area contributed by atoms with Crippen LogP contribution in [0, 0.1) is 0 Å². The van der Waals surface area contributed by atoms with Crippen LogP contribution < -0.4 is 0 Å². The smallest absolute Gasteiger partial charge is 0.372 e. The van der Waals surface area contributed by atoms with Gasteiger partial charge >= 0.3 is 6.18 Å². The third-order valence-corrected chi connectivity index (χ3v) is 2.45. The molecule has 0 saturated heterocycles. The first-order valence-electron chi connectivity index (χ1n) is 6.26. The molecule has 0 amide bonds. The molecule has 0 aliphatic heterocycles. The highest BCUT2D eigenvalue weighted by Gasteiger charge is 2.26. The van der Waals surface area contributed by atoms with Gasteiger partial charge in [-0.05, 0) is 26.2 Å². The number of halogens is 3. The van der Waals surface area contributed by atoms with Gasteiger partial charge in [-0.3, -0.25) is 0 Å². The van der Waals surface area contributed by atoms with Gasteiger partial charge in [-0.15, -0.1) is 0 Å². The minimum Gasteiger partial charge on any atom is -0.372 e. The molecule has 0 saturated carbocycles. The normalized spacial score (nSPS) is 13.1. The molecule has 102 valence electrons. The quantitative estimate of drug-likeness (QED) is 0.420. The van der Waals surface area contributed by atoms with E-state index in [1.807, 2.05) is 13.0 Å². The zero-order valence-corrected chi connectivity index (χ0v) is 10.8. The van der Waals surface area contributed by atoms with E-state index in [0.717, 1.165) is 6.42 Å². The lowest BCUT2D eigenvalue weighted by molar-refractivity contribution is -0.173. The zero-order valence-electron chi connectivity index (χ0n) is 10.8. The van der Waals surface area contributed by atoms with E-state index in [9.17, 15) is 13.2 Å². The lowest BCUT2D eigenvalue weighted by Gasteiger charge is -2.06. The molecule has 0 aliphatic rings. The van der Waals surface area contributed by atoms with Crippen molar-refractivity contribution in [3.05, 3.63) is 11.6 Å². The summed E-state index contributed by atoms with van der Waals surface area (Å²) in [6, 6.07) is 0. The van der Waals surface area contributed by atoms with E-state index in [1.54, 1.807) is 0 Å². The Labute approximate surface area is 102 Å². The van der Waals surface area contributed by atoms with Crippen LogP contribution in [0.3, 0.4) is 0 Å². The number of allylic oxidation sites excluding steroid dienone is 1. The SMILES string of the molecule is CCCCCC/C(C)=C/CCOCC(F)(F)F. The molecule has 0 N–H and O–H groups in total. The van der Waals surface area contributed by atoms with Crippen LogP contribution in [0.4, 0.5) is 13.2 Å². The molecule has 0 heterocycles. The van der Waals surface area contributed by atoms with Crippen molar-refractivity contribution in [1.82, 2.24) is 0 Å². The van der Waals surface area contributed by atoms with Gasteiger partial charge in [0.2, 0.25) is 0 Å². The second-order valence-electron chi connectivity index (χ2n) is 4.32. The van der Waals surface area contributed by atoms with E-state index >= 15 is 0 Å². The van der Waals surface area contributed by atoms with E-state index in [0.29, 0.717) is 6.42 Å². The highest BCUT2D eigenvalue weighted by atomic mass is 19.4. The first-order valence-corrected chi connectivity index (χ1v) is 6.26. The number of hydrogen-bond acceptors (Lipinski definition) is 1. The van der Waals surface area contributed by atoms with E-state index in [2.05, 4.69) is 11.7 Å². The summed E-state index contributed by atoms with van der Waals surface area (Å²) in [5.74, 6) is 0. The number of ether oxygens (including phenoxy) is 1. The molecule has 4 heteroatoms. The van der Waals surface area contributed by atoms with Gasteiger partial charge in [0.15, 0.2) is 0 Å². The standard InChI is InChI=1S/C13H23F3O/c1-3-4-5-6-8-12(2)9-7-10-17-11-13(14,15)16/h9H,3-8,10-11H2,1-2H3/b12-9+. The lowest BCUT2D eigenvalue weighted by Crippen LogP contribution is -2.17. The first kappa shape index (κ1) is 16.5. The molecule has 0 atom stereocenters. The van der Waals surface area contributed by atoms with Gasteiger partial charge in [0, 0.05) is 0 Å². The summed E-state index contributed by atoms with van der Waals surface area (Å²) in [6.07, 6.45) is 4.23. The van der Waals surface area contributed by atoms with Crippen molar-refractivity contribution in [2.75, 3.05) is 13.2 Å². The van der Waals surface area contributed by atoms with Crippen LogP contribution in [0.25, 0.3) is 0 Å². The minimum atomic E-state index is -4.21. The molecule has 0 aromatic heterocycles. The maximum Gasteiger partial charge on any atom is 0.411 e. The van der Waals surface area contributed by atoms with Gasteiger partial charge in [-0.1, -0.05) is 37.8 Å². The second-order valence-corrected chi connectivity index (χ2v) is 4.32. The minimum absolute atomic E-state index is 0.145. The summed E-state index contributed by atoms with van der Waals surface area (Å²) in [7, 11) is 0. The fraction of sp³-hybridized carbons (Fsp3) is 0.846. The Morgan fingerprint density at radius 3 is 2.47 bits per heavy atom. The molecule has 0 bridgehead atoms. The topological polar surface area (TPSA) is 9.23 Å². The molecule has 0 aliphatic carbocycles. The number of unbranched alkanes of at least 4 members (excludes halogenated alkanes) is 3. The zero-order chi connectivity index (χ0) is 13.1. The summed E-state index contributed by atoms with van der Waals surface area (Å²) in [6.45, 7) is 3.19. The van der Waals surface area contributed by atoms with Crippen molar-refractivity contribution in [2.45, 2.75) is 58.5 Å². The molecule has 0 rings (SSSR count). The van der Waals surface area contributed by atoms with E-state index in [-0.39, 0.29) is 6.61 Å². The third-order valence-electron chi connectivity index (χ3n) is 2.45. The molecule has 0 aromatic carbocycles. The summed E-state index contributed by atoms with van der Waals surface area (Å²) in [5, 5.41) is 0. The van der Waals surface area contributed by atoms with E-state index in [1.165, 1.54) is 31.3 Å². The maximum atomic E-state index is 11.7. The highest BCUT2D eigenvalue weighted by molar-refractivity contribution is 4.97. The first-order chi connectivity index (χ1) is 7.95. The molecule has 17 heavy (non-hydrogen) atoms. The second kappa shape index (κ2) is 9.51. The maximum absolute atomic E-state index is 11.7. The highest BCUT2D eigenvalue weighted by Crippen LogP contribution is 2.15. The predicted octanol–water partition coefficient (Wildman–Crippen LogP) is 4.87. The summed E-state index contributed by atoms with van der Waals surface area (Å²) >= 11 is 0. The van der Waals surface area contributed by atoms with Crippen molar-refractivity contribution in [3.63, 3.8) is 0 Å². The largest absolute Gasteiger partial charge is 0.411 e. The van der Waals surface area contributed by atoms with E-state index < -0.39 is 12.8 Å². The monoisotopic (exact) mass is 252 g/mol.